The summed E-state index contributed by atoms with van der Waals surface area (Å²) in [6.45, 7) is 1.92. The second-order valence-corrected chi connectivity index (χ2v) is 9.27. The zero-order valence-corrected chi connectivity index (χ0v) is 19.5. The van der Waals surface area contributed by atoms with E-state index in [1.165, 1.54) is 0 Å². The summed E-state index contributed by atoms with van der Waals surface area (Å²) in [6.07, 6.45) is 0.227. The molecular formula is C27H24F4N4O. The number of hydrogen-bond donors (Lipinski definition) is 1. The Labute approximate surface area is 205 Å². The molecule has 0 spiro atoms. The zero-order valence-electron chi connectivity index (χ0n) is 19.5. The minimum absolute atomic E-state index is 0.160. The first-order chi connectivity index (χ1) is 17.2. The molecule has 186 valence electrons. The summed E-state index contributed by atoms with van der Waals surface area (Å²) in [4.78, 5) is 17.2. The number of nitrogens with zero attached hydrogens (tertiary/aromatic N) is 3. The number of fused-ring (bicyclic) bond motifs is 1. The van der Waals surface area contributed by atoms with Gasteiger partial charge in [0.05, 0.1) is 28.8 Å². The molecule has 2 aromatic carbocycles. The van der Waals surface area contributed by atoms with Crippen LogP contribution in [0.25, 0.3) is 16.9 Å². The van der Waals surface area contributed by atoms with Gasteiger partial charge in [-0.25, -0.2) is 13.9 Å². The molecule has 1 saturated carbocycles. The molecule has 0 saturated heterocycles. The number of halogens is 4. The molecule has 1 fully saturated rings. The Balaban J connectivity index is 1.26. The van der Waals surface area contributed by atoms with Gasteiger partial charge < -0.3 is 5.32 Å². The number of benzene rings is 2. The van der Waals surface area contributed by atoms with Crippen molar-refractivity contribution in [1.29, 1.82) is 0 Å². The van der Waals surface area contributed by atoms with E-state index in [-0.39, 0.29) is 23.4 Å². The van der Waals surface area contributed by atoms with Gasteiger partial charge in [-0.1, -0.05) is 30.7 Å². The molecule has 36 heavy (non-hydrogen) atoms. The molecule has 5 nitrogen and oxygen atoms in total. The molecule has 1 aliphatic carbocycles. The number of rotatable bonds is 4. The van der Waals surface area contributed by atoms with Crippen LogP contribution in [-0.2, 0) is 11.0 Å². The van der Waals surface area contributed by atoms with Crippen molar-refractivity contribution in [2.24, 2.45) is 5.92 Å². The Kier molecular flexibility index (Phi) is 6.24. The lowest BCUT2D eigenvalue weighted by Gasteiger charge is -2.29. The van der Waals surface area contributed by atoms with E-state index < -0.39 is 17.6 Å². The second kappa shape index (κ2) is 9.37. The van der Waals surface area contributed by atoms with Gasteiger partial charge in [0.25, 0.3) is 0 Å². The topological polar surface area (TPSA) is 59.3 Å². The molecule has 0 bridgehead atoms. The van der Waals surface area contributed by atoms with E-state index in [4.69, 9.17) is 0 Å². The standard InChI is InChI=1S/C27H24F4N4O/c1-16-15-35-25(32-16)12-11-23(34-35)18-7-5-17(6-8-18)19-3-2-4-20(13-19)26(36)33-24-10-9-21(14-22(24)28)27(29,30)31/h5-12,14-15,19-20H,2-4,13H2,1H3,(H,33,36). The first kappa shape index (κ1) is 24.0. The van der Waals surface area contributed by atoms with E-state index in [9.17, 15) is 22.4 Å². The fraction of sp³-hybridized carbons (Fsp3) is 0.296. The Morgan fingerprint density at radius 3 is 2.56 bits per heavy atom. The van der Waals surface area contributed by atoms with Crippen LogP contribution in [0.2, 0.25) is 0 Å². The van der Waals surface area contributed by atoms with Gasteiger partial charge in [-0.15, -0.1) is 0 Å². The second-order valence-electron chi connectivity index (χ2n) is 9.27. The van der Waals surface area contributed by atoms with Gasteiger partial charge in [-0.3, -0.25) is 4.79 Å². The summed E-state index contributed by atoms with van der Waals surface area (Å²) in [7, 11) is 0. The van der Waals surface area contributed by atoms with E-state index >= 15 is 0 Å². The molecule has 0 radical (unpaired) electrons. The average Bonchev–Trinajstić information content (AvgIpc) is 3.24. The quantitative estimate of drug-likeness (QED) is 0.317. The third-order valence-electron chi connectivity index (χ3n) is 6.72. The normalized spacial score (nSPS) is 18.4. The van der Waals surface area contributed by atoms with Crippen molar-refractivity contribution in [3.05, 3.63) is 83.4 Å². The smallest absolute Gasteiger partial charge is 0.323 e. The number of alkyl halides is 3. The third kappa shape index (κ3) is 4.96. The Hall–Kier alpha value is -3.75. The first-order valence-electron chi connectivity index (χ1n) is 11.8. The highest BCUT2D eigenvalue weighted by molar-refractivity contribution is 5.92. The van der Waals surface area contributed by atoms with E-state index in [1.807, 2.05) is 49.5 Å². The predicted octanol–water partition coefficient (Wildman–Crippen LogP) is 6.78. The number of hydrogen-bond acceptors (Lipinski definition) is 3. The maximum absolute atomic E-state index is 14.2. The molecule has 2 atom stereocenters. The van der Waals surface area contributed by atoms with Gasteiger partial charge in [0.15, 0.2) is 5.65 Å². The van der Waals surface area contributed by atoms with E-state index in [0.717, 1.165) is 53.1 Å². The lowest BCUT2D eigenvalue weighted by atomic mass is 9.77. The van der Waals surface area contributed by atoms with Crippen LogP contribution in [0.3, 0.4) is 0 Å². The van der Waals surface area contributed by atoms with Crippen LogP contribution in [0.5, 0.6) is 0 Å². The lowest BCUT2D eigenvalue weighted by Crippen LogP contribution is -2.28. The van der Waals surface area contributed by atoms with Crippen molar-refractivity contribution in [1.82, 2.24) is 14.6 Å². The molecule has 2 aromatic heterocycles. The molecule has 5 rings (SSSR count). The Bertz CT molecular complexity index is 1410. The number of nitrogens with one attached hydrogen (secondary N) is 1. The van der Waals surface area contributed by atoms with Crippen molar-refractivity contribution < 1.29 is 22.4 Å². The van der Waals surface area contributed by atoms with E-state index in [1.54, 1.807) is 4.52 Å². The first-order valence-corrected chi connectivity index (χ1v) is 11.8. The maximum atomic E-state index is 14.2. The number of carbonyl (C=O) groups excluding carboxylic acids is 1. The SMILES string of the molecule is Cc1cn2nc(-c3ccc(C4CCCC(C(=O)Nc5ccc(C(F)(F)F)cc5F)C4)cc3)ccc2n1. The maximum Gasteiger partial charge on any atom is 0.416 e. The predicted molar refractivity (Wildman–Crippen MR) is 128 cm³/mol. The van der Waals surface area contributed by atoms with E-state index in [2.05, 4.69) is 15.4 Å². The Morgan fingerprint density at radius 1 is 1.06 bits per heavy atom. The van der Waals surface area contributed by atoms with Crippen LogP contribution in [0.1, 0.15) is 48.4 Å². The number of aryl methyl sites for hydroxylation is 1. The molecule has 2 unspecified atom stereocenters. The third-order valence-corrected chi connectivity index (χ3v) is 6.72. The van der Waals surface area contributed by atoms with Gasteiger partial charge in [0, 0.05) is 11.5 Å². The highest BCUT2D eigenvalue weighted by Crippen LogP contribution is 2.38. The van der Waals surface area contributed by atoms with Crippen LogP contribution in [0, 0.1) is 18.7 Å². The number of anilines is 1. The van der Waals surface area contributed by atoms with Gasteiger partial charge >= 0.3 is 6.18 Å². The van der Waals surface area contributed by atoms with Crippen molar-refractivity contribution >= 4 is 17.2 Å². The fourth-order valence-corrected chi connectivity index (χ4v) is 4.84. The number of aromatic nitrogens is 3. The van der Waals surface area contributed by atoms with Crippen molar-refractivity contribution in [2.75, 3.05) is 5.32 Å². The summed E-state index contributed by atoms with van der Waals surface area (Å²) < 4.78 is 54.3. The monoisotopic (exact) mass is 496 g/mol. The molecule has 0 aliphatic heterocycles. The highest BCUT2D eigenvalue weighted by atomic mass is 19.4. The summed E-state index contributed by atoms with van der Waals surface area (Å²) in [5, 5.41) is 7.10. The summed E-state index contributed by atoms with van der Waals surface area (Å²) in [5.41, 5.74) is 3.26. The summed E-state index contributed by atoms with van der Waals surface area (Å²) in [5.74, 6) is -1.66. The van der Waals surface area contributed by atoms with Crippen molar-refractivity contribution in [2.45, 2.75) is 44.7 Å². The van der Waals surface area contributed by atoms with Gasteiger partial charge in [-0.05, 0) is 68.0 Å². The van der Waals surface area contributed by atoms with Gasteiger partial charge in [0.1, 0.15) is 5.82 Å². The van der Waals surface area contributed by atoms with Crippen molar-refractivity contribution in [3.63, 3.8) is 0 Å². The van der Waals surface area contributed by atoms with Crippen LogP contribution < -0.4 is 5.32 Å². The number of imidazole rings is 1. The molecule has 1 N–H and O–H groups in total. The number of carbonyl (C=O) groups is 1. The zero-order chi connectivity index (χ0) is 25.4. The van der Waals surface area contributed by atoms with Crippen LogP contribution >= 0.6 is 0 Å². The highest BCUT2D eigenvalue weighted by Gasteiger charge is 2.32. The molecule has 1 aliphatic rings. The molecule has 1 amide bonds. The van der Waals surface area contributed by atoms with Crippen LogP contribution in [0.4, 0.5) is 23.2 Å². The molecule has 2 heterocycles. The molecule has 4 aromatic rings. The molecule has 9 heteroatoms. The molecular weight excluding hydrogens is 472 g/mol. The van der Waals surface area contributed by atoms with Gasteiger partial charge in [0.2, 0.25) is 5.91 Å². The summed E-state index contributed by atoms with van der Waals surface area (Å²) in [6, 6.07) is 14.1. The lowest BCUT2D eigenvalue weighted by molar-refractivity contribution is -0.137. The van der Waals surface area contributed by atoms with E-state index in [0.29, 0.717) is 18.9 Å². The largest absolute Gasteiger partial charge is 0.416 e. The fourth-order valence-electron chi connectivity index (χ4n) is 4.84. The summed E-state index contributed by atoms with van der Waals surface area (Å²) >= 11 is 0. The number of amides is 1. The average molecular weight is 497 g/mol. The minimum atomic E-state index is -4.64. The van der Waals surface area contributed by atoms with Crippen LogP contribution in [0.15, 0.2) is 60.8 Å². The van der Waals surface area contributed by atoms with Crippen molar-refractivity contribution in [3.8, 4) is 11.3 Å². The van der Waals surface area contributed by atoms with Crippen LogP contribution in [-0.4, -0.2) is 20.5 Å². The Morgan fingerprint density at radius 2 is 1.83 bits per heavy atom. The van der Waals surface area contributed by atoms with Gasteiger partial charge in [-0.2, -0.15) is 18.3 Å². The minimum Gasteiger partial charge on any atom is -0.323 e.